The second kappa shape index (κ2) is 30.6. The van der Waals surface area contributed by atoms with Crippen molar-refractivity contribution in [1.29, 1.82) is 0 Å². The summed E-state index contributed by atoms with van der Waals surface area (Å²) < 4.78 is 0. The van der Waals surface area contributed by atoms with Gasteiger partial charge in [-0.05, 0) is 141 Å². The molecule has 0 radical (unpaired) electrons. The molecule has 2 aliphatic carbocycles. The van der Waals surface area contributed by atoms with Crippen molar-refractivity contribution in [2.75, 3.05) is 26.8 Å². The Morgan fingerprint density at radius 1 is 0.847 bits per heavy atom. The van der Waals surface area contributed by atoms with Crippen LogP contribution in [0.5, 0.6) is 0 Å². The molecule has 4 unspecified atom stereocenters. The van der Waals surface area contributed by atoms with Crippen molar-refractivity contribution in [2.24, 2.45) is 33.5 Å². The number of benzene rings is 2. The van der Waals surface area contributed by atoms with Gasteiger partial charge in [0, 0.05) is 17.7 Å². The third-order valence-electron chi connectivity index (χ3n) is 12.2. The summed E-state index contributed by atoms with van der Waals surface area (Å²) in [4.78, 5) is 10.4. The largest absolute Gasteiger partial charge is 0.320 e. The van der Waals surface area contributed by atoms with Gasteiger partial charge in [0.2, 0.25) is 0 Å². The second-order valence-corrected chi connectivity index (χ2v) is 21.9. The summed E-state index contributed by atoms with van der Waals surface area (Å²) in [6.45, 7) is 44.1. The Labute approximate surface area is 377 Å². The van der Waals surface area contributed by atoms with Crippen molar-refractivity contribution in [1.82, 2.24) is 10.6 Å². The molecule has 0 aliphatic heterocycles. The van der Waals surface area contributed by atoms with Crippen molar-refractivity contribution in [2.45, 2.75) is 193 Å². The standard InChI is InChI=1S/C19H30.C17H25NO.C6H13N.C6H14.C5H12S.CH5P/c1-7-18(3,4)13-17-11-16-10-14(2)8-9-15(16)12-19(17,5)6;1-13-6-7-14-11-17(2,3)12-16(15(14)10-13)18-8-4-5-9-19;1-3-4-5-6-7-2;1-5-6(2,3)4;1-4(2)5(3)6;1-2/h8-10,17H,7,11-13H2,1-6H3;6-7,9-10,16,18H,4-5,8,11-12H2,1-3H3;3,7H,1,4-6H2,2H3;5H2,1-4H3;4-6H,1-3H3;2H2,1H3. The van der Waals surface area contributed by atoms with Gasteiger partial charge in [0.05, 0.1) is 0 Å². The minimum Gasteiger partial charge on any atom is -0.320 e. The lowest BCUT2D eigenvalue weighted by Gasteiger charge is -2.43. The van der Waals surface area contributed by atoms with Crippen LogP contribution in [-0.2, 0) is 24.1 Å². The predicted molar refractivity (Wildman–Crippen MR) is 276 cm³/mol. The third kappa shape index (κ3) is 27.3. The van der Waals surface area contributed by atoms with Gasteiger partial charge in [-0.2, -0.15) is 12.6 Å². The van der Waals surface area contributed by atoms with E-state index in [1.54, 1.807) is 11.1 Å². The van der Waals surface area contributed by atoms with Crippen LogP contribution in [0.3, 0.4) is 0 Å². The lowest BCUT2D eigenvalue weighted by molar-refractivity contribution is -0.107. The SMILES string of the molecule is C=CCCCNC.CC(C)C(C)S.CCC(C)(C)C.CCC(C)(C)CC1Cc2cc(C)ccc2CC1(C)C.CP.Cc1ccc2c(c1)C(NCCCC=O)CC(C)(C)C2. The number of carbonyl (C=O) groups is 1. The number of thiol groups is 1. The highest BCUT2D eigenvalue weighted by atomic mass is 32.1. The van der Waals surface area contributed by atoms with E-state index in [1.165, 1.54) is 67.2 Å². The van der Waals surface area contributed by atoms with E-state index in [0.717, 1.165) is 44.6 Å². The molecule has 0 saturated carbocycles. The number of hydrogen-bond acceptors (Lipinski definition) is 4. The van der Waals surface area contributed by atoms with Gasteiger partial charge in [-0.25, -0.2) is 0 Å². The smallest absolute Gasteiger partial charge is 0.120 e. The van der Waals surface area contributed by atoms with Gasteiger partial charge < -0.3 is 15.4 Å². The van der Waals surface area contributed by atoms with E-state index >= 15 is 0 Å². The number of unbranched alkanes of at least 4 members (excludes halogenated alkanes) is 2. The summed E-state index contributed by atoms with van der Waals surface area (Å²) in [6, 6.07) is 14.3. The fourth-order valence-corrected chi connectivity index (χ4v) is 6.97. The Balaban J connectivity index is 0. The molecule has 2 aromatic carbocycles. The number of hydrogen-bond donors (Lipinski definition) is 3. The number of rotatable bonds is 13. The summed E-state index contributed by atoms with van der Waals surface area (Å²) in [6.07, 6.45) is 15.6. The van der Waals surface area contributed by atoms with Gasteiger partial charge in [0.15, 0.2) is 0 Å². The van der Waals surface area contributed by atoms with Crippen molar-refractivity contribution in [3.05, 3.63) is 82.4 Å². The molecule has 2 aliphatic rings. The Hall–Kier alpha value is -1.45. The Morgan fingerprint density at radius 3 is 1.85 bits per heavy atom. The quantitative estimate of drug-likeness (QED) is 0.0618. The van der Waals surface area contributed by atoms with Crippen LogP contribution >= 0.6 is 21.9 Å². The fourth-order valence-electron chi connectivity index (χ4n) is 6.97. The first kappa shape index (κ1) is 59.6. The van der Waals surface area contributed by atoms with Crippen molar-refractivity contribution in [3.63, 3.8) is 0 Å². The maximum Gasteiger partial charge on any atom is 0.120 e. The van der Waals surface area contributed by atoms with Crippen LogP contribution in [0.4, 0.5) is 0 Å². The second-order valence-electron chi connectivity index (χ2n) is 21.1. The molecule has 2 N–H and O–H groups in total. The summed E-state index contributed by atoms with van der Waals surface area (Å²) in [7, 11) is 4.38. The van der Waals surface area contributed by atoms with E-state index in [-0.39, 0.29) is 0 Å². The van der Waals surface area contributed by atoms with Crippen LogP contribution in [0.1, 0.15) is 188 Å². The third-order valence-corrected chi connectivity index (χ3v) is 12.8. The molecule has 0 heterocycles. The highest BCUT2D eigenvalue weighted by Gasteiger charge is 2.37. The lowest BCUT2D eigenvalue weighted by Crippen LogP contribution is -2.36. The van der Waals surface area contributed by atoms with E-state index in [9.17, 15) is 4.79 Å². The number of aldehydes is 1. The number of allylic oxidation sites excluding steroid dienone is 1. The molecule has 0 amide bonds. The number of aryl methyl sites for hydroxylation is 2. The van der Waals surface area contributed by atoms with E-state index < -0.39 is 0 Å². The summed E-state index contributed by atoms with van der Waals surface area (Å²) in [5.74, 6) is 1.53. The molecular weight excluding hydrogens is 756 g/mol. The number of fused-ring (bicyclic) bond motifs is 2. The van der Waals surface area contributed by atoms with Crippen molar-refractivity contribution in [3.8, 4) is 0 Å². The van der Waals surface area contributed by atoms with Gasteiger partial charge in [0.1, 0.15) is 6.29 Å². The van der Waals surface area contributed by atoms with Gasteiger partial charge >= 0.3 is 0 Å². The summed E-state index contributed by atoms with van der Waals surface area (Å²) in [5.41, 5.74) is 10.7. The first-order chi connectivity index (χ1) is 27.4. The average Bonchev–Trinajstić information content (AvgIpc) is 3.15. The van der Waals surface area contributed by atoms with Crippen molar-refractivity contribution < 1.29 is 4.79 Å². The highest BCUT2D eigenvalue weighted by Crippen LogP contribution is 2.46. The lowest BCUT2D eigenvalue weighted by atomic mass is 9.62. The first-order valence-corrected chi connectivity index (χ1v) is 24.9. The first-order valence-electron chi connectivity index (χ1n) is 23.2. The maximum atomic E-state index is 10.4. The molecule has 4 atom stereocenters. The zero-order valence-electron chi connectivity index (χ0n) is 42.3. The molecule has 0 spiro atoms. The van der Waals surface area contributed by atoms with Crippen LogP contribution in [-0.4, -0.2) is 38.3 Å². The minimum atomic E-state index is 0.352. The predicted octanol–water partition coefficient (Wildman–Crippen LogP) is 15.2. The van der Waals surface area contributed by atoms with E-state index in [4.69, 9.17) is 0 Å². The number of nitrogens with one attached hydrogen (secondary N) is 2. The van der Waals surface area contributed by atoms with Gasteiger partial charge in [-0.15, -0.1) is 15.8 Å². The van der Waals surface area contributed by atoms with E-state index in [0.29, 0.717) is 45.3 Å². The molecule has 342 valence electrons. The molecule has 0 fully saturated rings. The highest BCUT2D eigenvalue weighted by molar-refractivity contribution is 7.80. The molecule has 59 heavy (non-hydrogen) atoms. The molecule has 0 saturated heterocycles. The monoisotopic (exact) mass is 855 g/mol. The maximum absolute atomic E-state index is 10.4. The molecule has 2 aromatic rings. The molecule has 0 bridgehead atoms. The summed E-state index contributed by atoms with van der Waals surface area (Å²) >= 11 is 4.19. The Bertz CT molecular complexity index is 1400. The number of carbonyl (C=O) groups excluding carboxylic acids is 1. The van der Waals surface area contributed by atoms with Crippen LogP contribution in [0.25, 0.3) is 0 Å². The van der Waals surface area contributed by atoms with Crippen LogP contribution < -0.4 is 10.6 Å². The van der Waals surface area contributed by atoms with Crippen LogP contribution in [0.15, 0.2) is 49.1 Å². The van der Waals surface area contributed by atoms with Crippen LogP contribution in [0, 0.1) is 47.3 Å². The molecule has 3 nitrogen and oxygen atoms in total. The molecule has 4 rings (SSSR count). The fraction of sp³-hybridized carbons (Fsp3) is 0.722. The minimum absolute atomic E-state index is 0.352. The van der Waals surface area contributed by atoms with Crippen LogP contribution in [0.2, 0.25) is 0 Å². The van der Waals surface area contributed by atoms with E-state index in [2.05, 4.69) is 186 Å². The molecular formula is C54H99N2OPS. The Morgan fingerprint density at radius 2 is 1.37 bits per heavy atom. The van der Waals surface area contributed by atoms with Gasteiger partial charge in [-0.3, -0.25) is 0 Å². The normalized spacial score (nSPS) is 17.8. The van der Waals surface area contributed by atoms with Gasteiger partial charge in [-0.1, -0.05) is 170 Å². The zero-order chi connectivity index (χ0) is 46.0. The van der Waals surface area contributed by atoms with E-state index in [1.807, 2.05) is 19.8 Å². The summed E-state index contributed by atoms with van der Waals surface area (Å²) in [5, 5.41) is 7.24. The van der Waals surface area contributed by atoms with Gasteiger partial charge in [0.25, 0.3) is 0 Å². The molecule has 0 aromatic heterocycles. The van der Waals surface area contributed by atoms with Crippen molar-refractivity contribution >= 4 is 28.2 Å². The molecule has 5 heteroatoms. The Kier molecular flexibility index (Phi) is 30.9. The average molecular weight is 855 g/mol. The zero-order valence-corrected chi connectivity index (χ0v) is 44.3. The topological polar surface area (TPSA) is 41.1 Å².